The summed E-state index contributed by atoms with van der Waals surface area (Å²) in [5, 5.41) is 4.40. The predicted octanol–water partition coefficient (Wildman–Crippen LogP) is 4.76. The molecule has 6 heteroatoms. The summed E-state index contributed by atoms with van der Waals surface area (Å²) in [7, 11) is 0. The van der Waals surface area contributed by atoms with Gasteiger partial charge in [-0.2, -0.15) is 0 Å². The van der Waals surface area contributed by atoms with Crippen LogP contribution in [0.4, 0.5) is 5.95 Å². The summed E-state index contributed by atoms with van der Waals surface area (Å²) in [5.74, 6) is 3.45. The second-order valence-corrected chi connectivity index (χ2v) is 8.34. The van der Waals surface area contributed by atoms with E-state index < -0.39 is 0 Å². The first kappa shape index (κ1) is 17.0. The zero-order valence-electron chi connectivity index (χ0n) is 13.6. The molecule has 4 saturated carbocycles. The lowest BCUT2D eigenvalue weighted by molar-refractivity contribution is -0.114. The van der Waals surface area contributed by atoms with Crippen molar-refractivity contribution in [3.8, 4) is 0 Å². The number of hydrogen-bond acceptors (Lipinski definition) is 4. The average molecular weight is 356 g/mol. The van der Waals surface area contributed by atoms with E-state index in [0.717, 1.165) is 17.8 Å². The fourth-order valence-corrected chi connectivity index (χ4v) is 5.37. The van der Waals surface area contributed by atoms with Crippen LogP contribution in [0.1, 0.15) is 52.4 Å². The van der Waals surface area contributed by atoms with E-state index in [4.69, 9.17) is 23.2 Å². The van der Waals surface area contributed by atoms with Crippen molar-refractivity contribution < 1.29 is 4.79 Å². The van der Waals surface area contributed by atoms with Crippen molar-refractivity contribution in [2.75, 3.05) is 5.32 Å². The lowest BCUT2D eigenvalue weighted by Gasteiger charge is -2.56. The molecule has 1 aromatic rings. The quantitative estimate of drug-likeness (QED) is 0.777. The summed E-state index contributed by atoms with van der Waals surface area (Å²) in [6.07, 6.45) is 8.06. The van der Waals surface area contributed by atoms with E-state index in [1.54, 1.807) is 6.07 Å². The van der Waals surface area contributed by atoms with Crippen molar-refractivity contribution in [3.63, 3.8) is 0 Å². The third-order valence-corrected chi connectivity index (χ3v) is 5.47. The van der Waals surface area contributed by atoms with Crippen LogP contribution >= 0.6 is 23.2 Å². The molecule has 23 heavy (non-hydrogen) atoms. The smallest absolute Gasteiger partial charge is 0.225 e. The Balaban J connectivity index is 0.000000354. The van der Waals surface area contributed by atoms with Gasteiger partial charge in [0.2, 0.25) is 5.95 Å². The maximum atomic E-state index is 9.44. The Morgan fingerprint density at radius 2 is 1.43 bits per heavy atom. The average Bonchev–Trinajstić information content (AvgIpc) is 2.33. The Morgan fingerprint density at radius 3 is 1.83 bits per heavy atom. The van der Waals surface area contributed by atoms with Crippen molar-refractivity contribution in [2.24, 2.45) is 17.8 Å². The van der Waals surface area contributed by atoms with Gasteiger partial charge in [0.1, 0.15) is 16.1 Å². The maximum absolute atomic E-state index is 9.44. The number of nitrogens with zero attached hydrogens (tertiary/aromatic N) is 2. The molecule has 4 aliphatic rings. The summed E-state index contributed by atoms with van der Waals surface area (Å²) >= 11 is 11.9. The van der Waals surface area contributed by atoms with E-state index in [-0.39, 0.29) is 11.3 Å². The number of rotatable bonds is 2. The van der Waals surface area contributed by atoms with Crippen LogP contribution in [-0.4, -0.2) is 21.3 Å². The second kappa shape index (κ2) is 6.56. The molecular weight excluding hydrogens is 333 g/mol. The van der Waals surface area contributed by atoms with Gasteiger partial charge in [0.15, 0.2) is 0 Å². The number of halogens is 2. The summed E-state index contributed by atoms with van der Waals surface area (Å²) < 4.78 is 0. The normalized spacial score (nSPS) is 33.8. The Morgan fingerprint density at radius 1 is 1.04 bits per heavy atom. The van der Waals surface area contributed by atoms with Crippen LogP contribution < -0.4 is 5.32 Å². The molecule has 0 saturated heterocycles. The van der Waals surface area contributed by atoms with E-state index in [0.29, 0.717) is 16.3 Å². The number of carbonyl (C=O) groups is 1. The summed E-state index contributed by atoms with van der Waals surface area (Å²) in [4.78, 5) is 18.0. The number of nitrogens with one attached hydrogen (secondary N) is 1. The highest BCUT2D eigenvalue weighted by atomic mass is 35.5. The first-order chi connectivity index (χ1) is 10.8. The Hall–Kier alpha value is -0.870. The number of hydrogen-bond donors (Lipinski definition) is 1. The molecule has 0 amide bonds. The molecule has 1 N–H and O–H groups in total. The molecule has 4 fully saturated rings. The fraction of sp³-hybridized carbons (Fsp3) is 0.706. The molecule has 4 nitrogen and oxygen atoms in total. The molecule has 1 heterocycles. The Kier molecular flexibility index (Phi) is 4.84. The van der Waals surface area contributed by atoms with Crippen molar-refractivity contribution in [3.05, 3.63) is 16.4 Å². The molecule has 0 spiro atoms. The zero-order chi connectivity index (χ0) is 16.6. The number of anilines is 1. The van der Waals surface area contributed by atoms with Crippen molar-refractivity contribution in [2.45, 2.75) is 57.9 Å². The van der Waals surface area contributed by atoms with Crippen LogP contribution in [0.25, 0.3) is 0 Å². The van der Waals surface area contributed by atoms with Gasteiger partial charge in [-0.25, -0.2) is 9.97 Å². The van der Waals surface area contributed by atoms with E-state index in [1.807, 2.05) is 0 Å². The highest BCUT2D eigenvalue weighted by molar-refractivity contribution is 6.33. The van der Waals surface area contributed by atoms with Gasteiger partial charge in [-0.3, -0.25) is 0 Å². The van der Waals surface area contributed by atoms with Gasteiger partial charge in [0.05, 0.1) is 0 Å². The van der Waals surface area contributed by atoms with Crippen LogP contribution in [-0.2, 0) is 4.79 Å². The van der Waals surface area contributed by atoms with Crippen LogP contribution in [0.2, 0.25) is 10.3 Å². The molecule has 0 radical (unpaired) electrons. The van der Waals surface area contributed by atoms with Crippen LogP contribution in [0, 0.1) is 17.8 Å². The molecule has 4 aliphatic carbocycles. The van der Waals surface area contributed by atoms with Crippen LogP contribution in [0.15, 0.2) is 6.07 Å². The van der Waals surface area contributed by atoms with Crippen molar-refractivity contribution in [1.29, 1.82) is 0 Å². The molecule has 0 unspecified atom stereocenters. The topological polar surface area (TPSA) is 54.9 Å². The van der Waals surface area contributed by atoms with Gasteiger partial charge in [0, 0.05) is 11.6 Å². The third-order valence-electron chi connectivity index (χ3n) is 5.08. The molecule has 5 rings (SSSR count). The predicted molar refractivity (Wildman–Crippen MR) is 92.9 cm³/mol. The van der Waals surface area contributed by atoms with Crippen LogP contribution in [0.5, 0.6) is 0 Å². The van der Waals surface area contributed by atoms with Gasteiger partial charge < -0.3 is 10.1 Å². The van der Waals surface area contributed by atoms with Gasteiger partial charge in [0.25, 0.3) is 0 Å². The van der Waals surface area contributed by atoms with Crippen LogP contribution in [0.3, 0.4) is 0 Å². The molecule has 0 aliphatic heterocycles. The molecule has 126 valence electrons. The maximum Gasteiger partial charge on any atom is 0.225 e. The fourth-order valence-electron chi connectivity index (χ4n) is 4.95. The monoisotopic (exact) mass is 355 g/mol. The first-order valence-electron chi connectivity index (χ1n) is 8.29. The standard InChI is InChI=1S/C14H17Cl2N3.C3H6O/c15-11-4-12(16)18-13(17-11)19-14-5-8-1-9(6-14)3-10(2-8)7-14;1-3(2)4/h4,8-10H,1-3,5-7H2,(H,17,18,19);1-2H3. The largest absolute Gasteiger partial charge is 0.349 e. The number of ketones is 1. The Bertz CT molecular complexity index is 546. The zero-order valence-corrected chi connectivity index (χ0v) is 15.1. The molecule has 0 atom stereocenters. The third kappa shape index (κ3) is 4.16. The summed E-state index contributed by atoms with van der Waals surface area (Å²) in [5.41, 5.74) is 0.197. The van der Waals surface area contributed by atoms with Gasteiger partial charge in [-0.05, 0) is 70.1 Å². The highest BCUT2D eigenvalue weighted by Crippen LogP contribution is 2.56. The minimum Gasteiger partial charge on any atom is -0.349 e. The van der Waals surface area contributed by atoms with E-state index >= 15 is 0 Å². The Labute approximate surface area is 147 Å². The second-order valence-electron chi connectivity index (χ2n) is 7.57. The summed E-state index contributed by atoms with van der Waals surface area (Å²) in [6.45, 7) is 3.06. The number of carbonyl (C=O) groups excluding carboxylic acids is 1. The van der Waals surface area contributed by atoms with E-state index in [9.17, 15) is 4.79 Å². The lowest BCUT2D eigenvalue weighted by Crippen LogP contribution is -2.55. The van der Waals surface area contributed by atoms with Gasteiger partial charge in [-0.15, -0.1) is 0 Å². The van der Waals surface area contributed by atoms with E-state index in [1.165, 1.54) is 52.4 Å². The highest BCUT2D eigenvalue weighted by Gasteiger charge is 2.51. The molecule has 1 aromatic heterocycles. The minimum atomic E-state index is 0.167. The molecule has 0 aromatic carbocycles. The number of Topliss-reactive ketones (excluding diaryl/α,β-unsaturated/α-hetero) is 1. The number of aromatic nitrogens is 2. The minimum absolute atomic E-state index is 0.167. The van der Waals surface area contributed by atoms with E-state index in [2.05, 4.69) is 15.3 Å². The molecule has 4 bridgehead atoms. The lowest BCUT2D eigenvalue weighted by atomic mass is 9.53. The molecular formula is C17H23Cl2N3O. The first-order valence-corrected chi connectivity index (χ1v) is 9.04. The van der Waals surface area contributed by atoms with Gasteiger partial charge >= 0.3 is 0 Å². The summed E-state index contributed by atoms with van der Waals surface area (Å²) in [6, 6.07) is 1.58. The SMILES string of the molecule is CC(C)=O.Clc1cc(Cl)nc(NC23CC4CC(CC(C4)C2)C3)n1. The van der Waals surface area contributed by atoms with Crippen molar-refractivity contribution >= 4 is 34.9 Å². The van der Waals surface area contributed by atoms with Gasteiger partial charge in [-0.1, -0.05) is 23.2 Å². The van der Waals surface area contributed by atoms with Crippen molar-refractivity contribution in [1.82, 2.24) is 9.97 Å².